The monoisotopic (exact) mass is 445 g/mol. The third-order valence-corrected chi connectivity index (χ3v) is 6.03. The summed E-state index contributed by atoms with van der Waals surface area (Å²) in [5.41, 5.74) is 1.29. The predicted molar refractivity (Wildman–Crippen MR) is 117 cm³/mol. The number of aromatic nitrogens is 1. The van der Waals surface area contributed by atoms with E-state index in [-0.39, 0.29) is 11.3 Å². The van der Waals surface area contributed by atoms with E-state index < -0.39 is 23.3 Å². The number of nitrogens with zero attached hydrogens (tertiary/aromatic N) is 3. The van der Waals surface area contributed by atoms with E-state index in [1.165, 1.54) is 31.2 Å². The van der Waals surface area contributed by atoms with Crippen molar-refractivity contribution in [3.05, 3.63) is 59.5 Å². The molecule has 0 bridgehead atoms. The minimum absolute atomic E-state index is 0.00467. The number of para-hydroxylation sites is 1. The maximum Gasteiger partial charge on any atom is 0.454 e. The van der Waals surface area contributed by atoms with E-state index in [9.17, 15) is 22.4 Å². The lowest BCUT2D eigenvalue weighted by molar-refractivity contribution is -0.0885. The van der Waals surface area contributed by atoms with Crippen LogP contribution in [0.25, 0.3) is 22.0 Å². The topological polar surface area (TPSA) is 36.4 Å². The van der Waals surface area contributed by atoms with Gasteiger partial charge in [0.25, 0.3) is 5.78 Å². The molecule has 4 nitrogen and oxygen atoms in total. The van der Waals surface area contributed by atoms with Crippen LogP contribution in [0.2, 0.25) is 0 Å². The van der Waals surface area contributed by atoms with Crippen LogP contribution in [0.3, 0.4) is 0 Å². The number of aryl methyl sites for hydroxylation is 1. The first kappa shape index (κ1) is 22.2. The molecule has 0 saturated carbocycles. The number of benzene rings is 2. The summed E-state index contributed by atoms with van der Waals surface area (Å²) in [5, 5.41) is 0.431. The number of hydrogen-bond acceptors (Lipinski definition) is 4. The standard InChI is InChI=1S/C24H23F4N3O/c1-14-20(23(32)24(26,27)28)21(15-7-9-16(25)10-8-15)18-5-4-6-19(22(18)29-14)31-12-11-17(13-31)30(2)3/h4-10,17H,11-13H2,1-3H3. The van der Waals surface area contributed by atoms with Crippen molar-refractivity contribution >= 4 is 22.4 Å². The average Bonchev–Trinajstić information content (AvgIpc) is 3.22. The molecule has 0 N–H and O–H groups in total. The zero-order chi connectivity index (χ0) is 23.2. The summed E-state index contributed by atoms with van der Waals surface area (Å²) in [6.45, 7) is 2.97. The van der Waals surface area contributed by atoms with Crippen molar-refractivity contribution in [1.82, 2.24) is 9.88 Å². The van der Waals surface area contributed by atoms with Gasteiger partial charge >= 0.3 is 6.18 Å². The second kappa shape index (κ2) is 8.16. The number of carbonyl (C=O) groups is 1. The lowest BCUT2D eigenvalue weighted by Crippen LogP contribution is -2.31. The zero-order valence-electron chi connectivity index (χ0n) is 18.0. The first-order valence-electron chi connectivity index (χ1n) is 10.3. The van der Waals surface area contributed by atoms with Crippen LogP contribution in [-0.2, 0) is 0 Å². The van der Waals surface area contributed by atoms with Gasteiger partial charge in [-0.1, -0.05) is 24.3 Å². The van der Waals surface area contributed by atoms with Gasteiger partial charge < -0.3 is 9.80 Å². The fourth-order valence-corrected chi connectivity index (χ4v) is 4.36. The van der Waals surface area contributed by atoms with Crippen LogP contribution < -0.4 is 4.90 Å². The van der Waals surface area contributed by atoms with Crippen molar-refractivity contribution in [2.24, 2.45) is 0 Å². The smallest absolute Gasteiger partial charge is 0.368 e. The Morgan fingerprint density at radius 3 is 2.41 bits per heavy atom. The number of fused-ring (bicyclic) bond motifs is 1. The zero-order valence-corrected chi connectivity index (χ0v) is 18.0. The van der Waals surface area contributed by atoms with Gasteiger partial charge in [0.05, 0.1) is 16.8 Å². The molecule has 4 rings (SSSR count). The Morgan fingerprint density at radius 2 is 1.81 bits per heavy atom. The number of carbonyl (C=O) groups excluding carboxylic acids is 1. The van der Waals surface area contributed by atoms with Crippen LogP contribution in [-0.4, -0.2) is 55.1 Å². The number of ketones is 1. The van der Waals surface area contributed by atoms with E-state index in [1.54, 1.807) is 12.1 Å². The van der Waals surface area contributed by atoms with E-state index in [4.69, 9.17) is 0 Å². The molecule has 8 heteroatoms. The van der Waals surface area contributed by atoms with Gasteiger partial charge in [0.2, 0.25) is 0 Å². The van der Waals surface area contributed by atoms with Crippen LogP contribution >= 0.6 is 0 Å². The number of anilines is 1. The van der Waals surface area contributed by atoms with Gasteiger partial charge in [-0.2, -0.15) is 13.2 Å². The Hall–Kier alpha value is -3.00. The Kier molecular flexibility index (Phi) is 5.67. The fraction of sp³-hybridized carbons (Fsp3) is 0.333. The lowest BCUT2D eigenvalue weighted by atomic mass is 9.91. The molecule has 0 spiro atoms. The summed E-state index contributed by atoms with van der Waals surface area (Å²) >= 11 is 0. The lowest BCUT2D eigenvalue weighted by Gasteiger charge is -2.24. The maximum absolute atomic E-state index is 13.5. The molecule has 1 aromatic heterocycles. The van der Waals surface area contributed by atoms with Gasteiger partial charge in [-0.15, -0.1) is 0 Å². The molecule has 168 valence electrons. The summed E-state index contributed by atoms with van der Waals surface area (Å²) in [7, 11) is 4.03. The van der Waals surface area contributed by atoms with Gasteiger partial charge in [-0.3, -0.25) is 9.78 Å². The SMILES string of the molecule is Cc1nc2c(N3CCC(N(C)C)C3)cccc2c(-c2ccc(F)cc2)c1C(=O)C(F)(F)F. The average molecular weight is 445 g/mol. The second-order valence-electron chi connectivity index (χ2n) is 8.31. The highest BCUT2D eigenvalue weighted by Crippen LogP contribution is 2.40. The van der Waals surface area contributed by atoms with Crippen molar-refractivity contribution < 1.29 is 22.4 Å². The number of likely N-dealkylation sites (N-methyl/N-ethyl adjacent to an activating group) is 1. The summed E-state index contributed by atoms with van der Waals surface area (Å²) < 4.78 is 53.9. The van der Waals surface area contributed by atoms with Crippen LogP contribution in [0.15, 0.2) is 42.5 Å². The molecule has 32 heavy (non-hydrogen) atoms. The van der Waals surface area contributed by atoms with Crippen molar-refractivity contribution in [3.8, 4) is 11.1 Å². The van der Waals surface area contributed by atoms with Crippen LogP contribution in [0.1, 0.15) is 22.5 Å². The summed E-state index contributed by atoms with van der Waals surface area (Å²) in [6.07, 6.45) is -4.10. The first-order valence-corrected chi connectivity index (χ1v) is 10.3. The highest BCUT2D eigenvalue weighted by Gasteiger charge is 2.42. The van der Waals surface area contributed by atoms with E-state index in [0.29, 0.717) is 22.5 Å². The highest BCUT2D eigenvalue weighted by atomic mass is 19.4. The van der Waals surface area contributed by atoms with Gasteiger partial charge in [0.15, 0.2) is 0 Å². The second-order valence-corrected chi connectivity index (χ2v) is 8.31. The maximum atomic E-state index is 13.5. The first-order chi connectivity index (χ1) is 15.1. The van der Waals surface area contributed by atoms with Gasteiger partial charge in [-0.05, 0) is 51.2 Å². The van der Waals surface area contributed by atoms with Gasteiger partial charge in [0, 0.05) is 35.8 Å². The van der Waals surface area contributed by atoms with Crippen LogP contribution in [0, 0.1) is 12.7 Å². The summed E-state index contributed by atoms with van der Waals surface area (Å²) in [6, 6.07) is 10.8. The predicted octanol–water partition coefficient (Wildman–Crippen LogP) is 5.23. The molecule has 0 amide bonds. The van der Waals surface area contributed by atoms with Crippen LogP contribution in [0.5, 0.6) is 0 Å². The molecule has 1 unspecified atom stereocenters. The number of halogens is 4. The van der Waals surface area contributed by atoms with Crippen molar-refractivity contribution in [1.29, 1.82) is 0 Å². The molecule has 1 fully saturated rings. The number of alkyl halides is 3. The number of Topliss-reactive ketones (excluding diaryl/α,β-unsaturated/α-hetero) is 1. The van der Waals surface area contributed by atoms with E-state index in [1.807, 2.05) is 20.2 Å². The van der Waals surface area contributed by atoms with Gasteiger partial charge in [0.1, 0.15) is 5.82 Å². The molecular weight excluding hydrogens is 422 g/mol. The molecule has 1 aliphatic heterocycles. The molecule has 2 heterocycles. The summed E-state index contributed by atoms with van der Waals surface area (Å²) in [5.74, 6) is -2.47. The number of rotatable bonds is 4. The van der Waals surface area contributed by atoms with E-state index in [0.717, 1.165) is 25.2 Å². The minimum Gasteiger partial charge on any atom is -0.368 e. The van der Waals surface area contributed by atoms with E-state index >= 15 is 0 Å². The fourth-order valence-electron chi connectivity index (χ4n) is 4.36. The largest absolute Gasteiger partial charge is 0.454 e. The molecule has 0 aliphatic carbocycles. The Morgan fingerprint density at radius 1 is 1.12 bits per heavy atom. The minimum atomic E-state index is -5.06. The normalized spacial score (nSPS) is 16.9. The molecular formula is C24H23F4N3O. The third kappa shape index (κ3) is 3.95. The quantitative estimate of drug-likeness (QED) is 0.407. The van der Waals surface area contributed by atoms with Crippen molar-refractivity contribution in [3.63, 3.8) is 0 Å². The molecule has 0 radical (unpaired) electrons. The molecule has 3 aromatic rings. The molecule has 1 atom stereocenters. The molecule has 1 saturated heterocycles. The van der Waals surface area contributed by atoms with Crippen molar-refractivity contribution in [2.45, 2.75) is 25.6 Å². The highest BCUT2D eigenvalue weighted by molar-refractivity contribution is 6.14. The Bertz CT molecular complexity index is 1170. The van der Waals surface area contributed by atoms with Crippen molar-refractivity contribution in [2.75, 3.05) is 32.1 Å². The third-order valence-electron chi connectivity index (χ3n) is 6.03. The Labute approximate surface area is 183 Å². The molecule has 1 aliphatic rings. The number of pyridine rings is 1. The number of hydrogen-bond donors (Lipinski definition) is 0. The van der Waals surface area contributed by atoms with Gasteiger partial charge in [-0.25, -0.2) is 4.39 Å². The summed E-state index contributed by atoms with van der Waals surface area (Å²) in [4.78, 5) is 21.2. The van der Waals surface area contributed by atoms with E-state index in [2.05, 4.69) is 14.8 Å². The molecule has 2 aromatic carbocycles. The Balaban J connectivity index is 1.98. The van der Waals surface area contributed by atoms with Crippen LogP contribution in [0.4, 0.5) is 23.2 Å².